The number of fused-ring (bicyclic) bond motifs is 1. The third kappa shape index (κ3) is 2.24. The number of benzene rings is 1. The molecule has 2 aromatic rings. The Morgan fingerprint density at radius 3 is 2.95 bits per heavy atom. The molecule has 2 heterocycles. The second kappa shape index (κ2) is 4.70. The SMILES string of the molecule is Cc1cc(C(=N)N)ccc1N1CCc2sccc2C1. The highest BCUT2D eigenvalue weighted by Crippen LogP contribution is 2.29. The Labute approximate surface area is 117 Å². The summed E-state index contributed by atoms with van der Waals surface area (Å²) in [6.45, 7) is 4.14. The van der Waals surface area contributed by atoms with Crippen LogP contribution in [0.3, 0.4) is 0 Å². The van der Waals surface area contributed by atoms with Crippen LogP contribution in [0.4, 0.5) is 5.69 Å². The largest absolute Gasteiger partial charge is 0.384 e. The van der Waals surface area contributed by atoms with Gasteiger partial charge in [0, 0.05) is 29.2 Å². The molecule has 0 amide bonds. The van der Waals surface area contributed by atoms with E-state index in [4.69, 9.17) is 11.1 Å². The molecule has 98 valence electrons. The van der Waals surface area contributed by atoms with Crippen molar-refractivity contribution in [2.75, 3.05) is 11.4 Å². The lowest BCUT2D eigenvalue weighted by molar-refractivity contribution is 0.741. The Hall–Kier alpha value is -1.81. The number of nitrogens with zero attached hydrogens (tertiary/aromatic N) is 1. The second-order valence-corrected chi connectivity index (χ2v) is 5.96. The molecule has 0 aliphatic carbocycles. The van der Waals surface area contributed by atoms with Crippen molar-refractivity contribution in [3.8, 4) is 0 Å². The summed E-state index contributed by atoms with van der Waals surface area (Å²) in [6.07, 6.45) is 1.13. The van der Waals surface area contributed by atoms with E-state index in [0.717, 1.165) is 25.1 Å². The summed E-state index contributed by atoms with van der Waals surface area (Å²) < 4.78 is 0. The number of rotatable bonds is 2. The lowest BCUT2D eigenvalue weighted by atomic mass is 10.0. The predicted octanol–water partition coefficient (Wildman–Crippen LogP) is 2.90. The average Bonchev–Trinajstić information content (AvgIpc) is 2.85. The zero-order chi connectivity index (χ0) is 13.4. The van der Waals surface area contributed by atoms with Crippen molar-refractivity contribution in [1.82, 2.24) is 0 Å². The van der Waals surface area contributed by atoms with E-state index in [1.54, 1.807) is 0 Å². The monoisotopic (exact) mass is 271 g/mol. The lowest BCUT2D eigenvalue weighted by Gasteiger charge is -2.30. The highest BCUT2D eigenvalue weighted by atomic mass is 32.1. The minimum absolute atomic E-state index is 0.133. The molecule has 1 aliphatic rings. The van der Waals surface area contributed by atoms with E-state index in [-0.39, 0.29) is 5.84 Å². The number of nitrogens with two attached hydrogens (primary N) is 1. The van der Waals surface area contributed by atoms with Gasteiger partial charge in [-0.15, -0.1) is 11.3 Å². The molecule has 4 heteroatoms. The topological polar surface area (TPSA) is 53.1 Å². The number of nitrogens with one attached hydrogen (secondary N) is 1. The van der Waals surface area contributed by atoms with Crippen LogP contribution in [0.25, 0.3) is 0 Å². The van der Waals surface area contributed by atoms with Gasteiger partial charge in [-0.2, -0.15) is 0 Å². The van der Waals surface area contributed by atoms with Crippen LogP contribution in [-0.2, 0) is 13.0 Å². The van der Waals surface area contributed by atoms with E-state index in [2.05, 4.69) is 29.3 Å². The Morgan fingerprint density at radius 1 is 1.37 bits per heavy atom. The van der Waals surface area contributed by atoms with Crippen LogP contribution >= 0.6 is 11.3 Å². The standard InChI is InChI=1S/C15H17N3S/c1-10-8-11(15(16)17)2-3-13(10)18-6-4-14-12(9-18)5-7-19-14/h2-3,5,7-8H,4,6,9H2,1H3,(H3,16,17). The van der Waals surface area contributed by atoms with Crippen LogP contribution in [0, 0.1) is 12.3 Å². The molecule has 0 saturated heterocycles. The van der Waals surface area contributed by atoms with Crippen LogP contribution < -0.4 is 10.6 Å². The molecular weight excluding hydrogens is 254 g/mol. The smallest absolute Gasteiger partial charge is 0.122 e. The van der Waals surface area contributed by atoms with Crippen molar-refractivity contribution >= 4 is 22.9 Å². The van der Waals surface area contributed by atoms with Crippen LogP contribution in [0.2, 0.25) is 0 Å². The van der Waals surface area contributed by atoms with Gasteiger partial charge in [0.1, 0.15) is 5.84 Å². The van der Waals surface area contributed by atoms with Crippen molar-refractivity contribution in [3.63, 3.8) is 0 Å². The summed E-state index contributed by atoms with van der Waals surface area (Å²) in [7, 11) is 0. The molecule has 0 fully saturated rings. The molecule has 1 aromatic heterocycles. The predicted molar refractivity (Wildman–Crippen MR) is 81.3 cm³/mol. The van der Waals surface area contributed by atoms with E-state index in [1.165, 1.54) is 21.7 Å². The number of aryl methyl sites for hydroxylation is 1. The minimum atomic E-state index is 0.133. The molecule has 19 heavy (non-hydrogen) atoms. The molecule has 1 aliphatic heterocycles. The molecule has 0 unspecified atom stereocenters. The van der Waals surface area contributed by atoms with Gasteiger partial charge in [0.05, 0.1) is 0 Å². The molecule has 3 nitrogen and oxygen atoms in total. The zero-order valence-electron chi connectivity index (χ0n) is 10.9. The lowest BCUT2D eigenvalue weighted by Crippen LogP contribution is -2.30. The highest BCUT2D eigenvalue weighted by Gasteiger charge is 2.18. The number of hydrogen-bond donors (Lipinski definition) is 2. The molecule has 0 spiro atoms. The summed E-state index contributed by atoms with van der Waals surface area (Å²) in [6, 6.07) is 8.25. The first kappa shape index (κ1) is 12.2. The maximum absolute atomic E-state index is 7.49. The molecule has 3 N–H and O–H groups in total. The third-order valence-electron chi connectivity index (χ3n) is 3.66. The number of nitrogen functional groups attached to an aromatic ring is 1. The first-order valence-corrected chi connectivity index (χ1v) is 7.28. The fourth-order valence-electron chi connectivity index (χ4n) is 2.63. The fourth-order valence-corrected chi connectivity index (χ4v) is 3.52. The van der Waals surface area contributed by atoms with E-state index < -0.39 is 0 Å². The molecule has 0 radical (unpaired) electrons. The van der Waals surface area contributed by atoms with Gasteiger partial charge in [-0.25, -0.2) is 0 Å². The Bertz CT molecular complexity index is 630. The van der Waals surface area contributed by atoms with Gasteiger partial charge in [0.15, 0.2) is 0 Å². The summed E-state index contributed by atoms with van der Waals surface area (Å²) in [5.74, 6) is 0.133. The molecular formula is C15H17N3S. The van der Waals surface area contributed by atoms with E-state index >= 15 is 0 Å². The molecule has 0 bridgehead atoms. The van der Waals surface area contributed by atoms with Gasteiger partial charge in [-0.3, -0.25) is 5.41 Å². The van der Waals surface area contributed by atoms with Crippen LogP contribution in [0.5, 0.6) is 0 Å². The summed E-state index contributed by atoms with van der Waals surface area (Å²) in [5.41, 5.74) is 10.2. The number of hydrogen-bond acceptors (Lipinski definition) is 3. The Kier molecular flexibility index (Phi) is 3.03. The molecule has 0 saturated carbocycles. The number of thiophene rings is 1. The highest BCUT2D eigenvalue weighted by molar-refractivity contribution is 7.10. The van der Waals surface area contributed by atoms with Gasteiger partial charge < -0.3 is 10.6 Å². The first-order chi connectivity index (χ1) is 9.15. The minimum Gasteiger partial charge on any atom is -0.384 e. The molecule has 3 rings (SSSR count). The van der Waals surface area contributed by atoms with E-state index in [0.29, 0.717) is 0 Å². The van der Waals surface area contributed by atoms with Crippen LogP contribution in [0.1, 0.15) is 21.6 Å². The fraction of sp³-hybridized carbons (Fsp3) is 0.267. The normalized spacial score (nSPS) is 14.3. The van der Waals surface area contributed by atoms with E-state index in [1.807, 2.05) is 23.5 Å². The summed E-state index contributed by atoms with van der Waals surface area (Å²) in [4.78, 5) is 3.93. The Morgan fingerprint density at radius 2 is 2.21 bits per heavy atom. The van der Waals surface area contributed by atoms with Gasteiger partial charge in [0.2, 0.25) is 0 Å². The van der Waals surface area contributed by atoms with Gasteiger partial charge >= 0.3 is 0 Å². The Balaban J connectivity index is 1.90. The number of amidine groups is 1. The van der Waals surface area contributed by atoms with Crippen LogP contribution in [-0.4, -0.2) is 12.4 Å². The van der Waals surface area contributed by atoms with Gasteiger partial charge in [-0.05, 0) is 54.1 Å². The van der Waals surface area contributed by atoms with Crippen molar-refractivity contribution in [2.24, 2.45) is 5.73 Å². The van der Waals surface area contributed by atoms with Crippen molar-refractivity contribution < 1.29 is 0 Å². The maximum Gasteiger partial charge on any atom is 0.122 e. The number of anilines is 1. The van der Waals surface area contributed by atoms with Gasteiger partial charge in [-0.1, -0.05) is 0 Å². The van der Waals surface area contributed by atoms with E-state index in [9.17, 15) is 0 Å². The zero-order valence-corrected chi connectivity index (χ0v) is 11.8. The average molecular weight is 271 g/mol. The summed E-state index contributed by atoms with van der Waals surface area (Å²) >= 11 is 1.86. The quantitative estimate of drug-likeness (QED) is 0.652. The molecule has 1 aromatic carbocycles. The van der Waals surface area contributed by atoms with Gasteiger partial charge in [0.25, 0.3) is 0 Å². The maximum atomic E-state index is 7.49. The second-order valence-electron chi connectivity index (χ2n) is 4.96. The third-order valence-corrected chi connectivity index (χ3v) is 4.68. The van der Waals surface area contributed by atoms with Crippen molar-refractivity contribution in [3.05, 3.63) is 51.2 Å². The van der Waals surface area contributed by atoms with Crippen LogP contribution in [0.15, 0.2) is 29.6 Å². The molecule has 0 atom stereocenters. The summed E-state index contributed by atoms with van der Waals surface area (Å²) in [5, 5.41) is 9.67. The van der Waals surface area contributed by atoms with Crippen molar-refractivity contribution in [2.45, 2.75) is 19.9 Å². The van der Waals surface area contributed by atoms with Crippen molar-refractivity contribution in [1.29, 1.82) is 5.41 Å². The first-order valence-electron chi connectivity index (χ1n) is 6.40.